The lowest BCUT2D eigenvalue weighted by atomic mass is 10.0. The van der Waals surface area contributed by atoms with Gasteiger partial charge in [0, 0.05) is 60.9 Å². The van der Waals surface area contributed by atoms with Crippen LogP contribution in [0.2, 0.25) is 0 Å². The molecule has 3 aromatic rings. The van der Waals surface area contributed by atoms with Crippen molar-refractivity contribution in [3.63, 3.8) is 0 Å². The third kappa shape index (κ3) is 5.60. The van der Waals surface area contributed by atoms with E-state index < -0.39 is 16.6 Å². The fourth-order valence-electron chi connectivity index (χ4n) is 4.55. The van der Waals surface area contributed by atoms with E-state index in [9.17, 15) is 18.9 Å². The number of fused-ring (bicyclic) bond motifs is 1. The van der Waals surface area contributed by atoms with E-state index in [4.69, 9.17) is 9.47 Å². The number of ether oxygens (including phenoxy) is 2. The number of halogens is 2. The maximum atomic E-state index is 14.4. The van der Waals surface area contributed by atoms with Crippen LogP contribution in [0.15, 0.2) is 59.6 Å². The molecule has 0 unspecified atom stereocenters. The number of nitro groups is 1. The molecule has 0 aromatic heterocycles. The summed E-state index contributed by atoms with van der Waals surface area (Å²) < 4.78 is 39.1. The molecule has 192 valence electrons. The number of anilines is 2. The van der Waals surface area contributed by atoms with Gasteiger partial charge in [-0.1, -0.05) is 12.1 Å². The fraction of sp³-hybridized carbons (Fsp3) is 0.296. The Balaban J connectivity index is 1.40. The second-order valence-corrected chi connectivity index (χ2v) is 8.85. The summed E-state index contributed by atoms with van der Waals surface area (Å²) in [7, 11) is 0. The molecule has 0 aliphatic carbocycles. The van der Waals surface area contributed by atoms with Crippen molar-refractivity contribution in [1.82, 2.24) is 4.90 Å². The minimum Gasteiger partial charge on any atom is -0.487 e. The van der Waals surface area contributed by atoms with Crippen LogP contribution in [0.25, 0.3) is 11.1 Å². The van der Waals surface area contributed by atoms with Crippen molar-refractivity contribution in [3.05, 3.63) is 81.9 Å². The van der Waals surface area contributed by atoms with Crippen LogP contribution in [0.1, 0.15) is 12.0 Å². The lowest BCUT2D eigenvalue weighted by Crippen LogP contribution is -2.37. The van der Waals surface area contributed by atoms with Crippen LogP contribution in [0.3, 0.4) is 0 Å². The first-order valence-corrected chi connectivity index (χ1v) is 12.1. The summed E-state index contributed by atoms with van der Waals surface area (Å²) in [5.41, 5.74) is 2.72. The molecule has 2 heterocycles. The average molecular weight is 509 g/mol. The SMILES string of the molecule is O=[N+]([O-])c1cc2c(cc1OCCCN1CCOCC1)N(c1cccc(-c3ccc(F)cc3F)c1)CN=C2. The van der Waals surface area contributed by atoms with Crippen LogP contribution in [-0.2, 0) is 4.74 Å². The summed E-state index contributed by atoms with van der Waals surface area (Å²) in [5, 5.41) is 11.8. The molecule has 1 saturated heterocycles. The standard InChI is InChI=1S/C27H26F2N4O4/c28-21-5-6-23(24(29)15-21)19-3-1-4-22(13-19)32-18-30-17-20-14-26(33(34)35)27(16-25(20)32)37-10-2-7-31-8-11-36-12-9-31/h1,3-6,13-17H,2,7-12,18H2. The summed E-state index contributed by atoms with van der Waals surface area (Å²) in [4.78, 5) is 19.8. The van der Waals surface area contributed by atoms with Crippen LogP contribution in [0.5, 0.6) is 5.75 Å². The Bertz CT molecular complexity index is 1330. The van der Waals surface area contributed by atoms with Gasteiger partial charge in [0.1, 0.15) is 18.3 Å². The molecule has 0 atom stereocenters. The van der Waals surface area contributed by atoms with Crippen molar-refractivity contribution in [1.29, 1.82) is 0 Å². The first kappa shape index (κ1) is 24.8. The molecule has 0 N–H and O–H groups in total. The van der Waals surface area contributed by atoms with Gasteiger partial charge in [-0.15, -0.1) is 0 Å². The highest BCUT2D eigenvalue weighted by Gasteiger charge is 2.25. The zero-order valence-corrected chi connectivity index (χ0v) is 20.1. The zero-order chi connectivity index (χ0) is 25.8. The fourth-order valence-corrected chi connectivity index (χ4v) is 4.55. The number of hydrogen-bond acceptors (Lipinski definition) is 7. The summed E-state index contributed by atoms with van der Waals surface area (Å²) in [6, 6.07) is 13.7. The molecule has 3 aromatic carbocycles. The normalized spacial score (nSPS) is 15.5. The van der Waals surface area contributed by atoms with Gasteiger partial charge >= 0.3 is 5.69 Å². The molecule has 1 fully saturated rings. The third-order valence-corrected chi connectivity index (χ3v) is 6.43. The van der Waals surface area contributed by atoms with Gasteiger partial charge < -0.3 is 14.4 Å². The van der Waals surface area contributed by atoms with Gasteiger partial charge in [-0.05, 0) is 36.2 Å². The van der Waals surface area contributed by atoms with E-state index in [0.29, 0.717) is 42.3 Å². The largest absolute Gasteiger partial charge is 0.487 e. The Morgan fingerprint density at radius 3 is 2.70 bits per heavy atom. The topological polar surface area (TPSA) is 80.4 Å². The molecule has 5 rings (SSSR count). The number of benzene rings is 3. The lowest BCUT2D eigenvalue weighted by Gasteiger charge is -2.28. The molecule has 0 bridgehead atoms. The van der Waals surface area contributed by atoms with Gasteiger partial charge in [-0.25, -0.2) is 8.78 Å². The first-order valence-electron chi connectivity index (χ1n) is 12.1. The molecular formula is C27H26F2N4O4. The van der Waals surface area contributed by atoms with Gasteiger partial charge in [0.15, 0.2) is 5.75 Å². The molecule has 0 radical (unpaired) electrons. The quantitative estimate of drug-likeness (QED) is 0.237. The lowest BCUT2D eigenvalue weighted by molar-refractivity contribution is -0.385. The number of rotatable bonds is 8. The minimum absolute atomic E-state index is 0.124. The molecule has 0 saturated carbocycles. The van der Waals surface area contributed by atoms with Crippen molar-refractivity contribution in [2.45, 2.75) is 6.42 Å². The Morgan fingerprint density at radius 1 is 1.08 bits per heavy atom. The average Bonchev–Trinajstić information content (AvgIpc) is 2.91. The molecular weight excluding hydrogens is 482 g/mol. The highest BCUT2D eigenvalue weighted by atomic mass is 19.1. The third-order valence-electron chi connectivity index (χ3n) is 6.43. The van der Waals surface area contributed by atoms with Crippen LogP contribution in [0, 0.1) is 21.7 Å². The van der Waals surface area contributed by atoms with E-state index in [1.165, 1.54) is 18.2 Å². The predicted octanol–water partition coefficient (Wildman–Crippen LogP) is 5.17. The molecule has 8 nitrogen and oxygen atoms in total. The van der Waals surface area contributed by atoms with Gasteiger partial charge in [-0.2, -0.15) is 0 Å². The van der Waals surface area contributed by atoms with Gasteiger partial charge in [-0.3, -0.25) is 20.0 Å². The van der Waals surface area contributed by atoms with Crippen molar-refractivity contribution in [2.75, 3.05) is 51.0 Å². The van der Waals surface area contributed by atoms with Crippen LogP contribution in [-0.4, -0.2) is 62.2 Å². The molecule has 0 spiro atoms. The molecule has 37 heavy (non-hydrogen) atoms. The number of nitro benzene ring substituents is 1. The van der Waals surface area contributed by atoms with Crippen molar-refractivity contribution < 1.29 is 23.2 Å². The van der Waals surface area contributed by atoms with Crippen molar-refractivity contribution in [2.24, 2.45) is 4.99 Å². The number of hydrogen-bond donors (Lipinski definition) is 0. The number of nitrogens with zero attached hydrogens (tertiary/aromatic N) is 4. The van der Waals surface area contributed by atoms with Crippen LogP contribution in [0.4, 0.5) is 25.8 Å². The van der Waals surface area contributed by atoms with E-state index in [2.05, 4.69) is 9.89 Å². The maximum absolute atomic E-state index is 14.4. The maximum Gasteiger partial charge on any atom is 0.311 e. The molecule has 0 amide bonds. The smallest absolute Gasteiger partial charge is 0.311 e. The van der Waals surface area contributed by atoms with Gasteiger partial charge in [0.05, 0.1) is 30.4 Å². The number of aliphatic imine (C=N–C) groups is 1. The van der Waals surface area contributed by atoms with Crippen molar-refractivity contribution >= 4 is 23.3 Å². The first-order chi connectivity index (χ1) is 18.0. The highest BCUT2D eigenvalue weighted by molar-refractivity contribution is 5.94. The highest BCUT2D eigenvalue weighted by Crippen LogP contribution is 2.39. The molecule has 2 aliphatic heterocycles. The minimum atomic E-state index is -0.655. The van der Waals surface area contributed by atoms with E-state index in [0.717, 1.165) is 32.1 Å². The van der Waals surface area contributed by atoms with E-state index >= 15 is 0 Å². The molecule has 2 aliphatic rings. The predicted molar refractivity (Wildman–Crippen MR) is 137 cm³/mol. The summed E-state index contributed by atoms with van der Waals surface area (Å²) in [6.45, 7) is 4.60. The van der Waals surface area contributed by atoms with Crippen LogP contribution < -0.4 is 9.64 Å². The van der Waals surface area contributed by atoms with Gasteiger partial charge in [0.25, 0.3) is 0 Å². The van der Waals surface area contributed by atoms with Crippen molar-refractivity contribution in [3.8, 4) is 16.9 Å². The zero-order valence-electron chi connectivity index (χ0n) is 20.1. The van der Waals surface area contributed by atoms with E-state index in [1.54, 1.807) is 30.5 Å². The Labute approximate surface area is 212 Å². The van der Waals surface area contributed by atoms with E-state index in [1.807, 2.05) is 11.0 Å². The number of morpholine rings is 1. The Morgan fingerprint density at radius 2 is 1.92 bits per heavy atom. The molecule has 10 heteroatoms. The summed E-state index contributed by atoms with van der Waals surface area (Å²) in [6.07, 6.45) is 2.33. The van der Waals surface area contributed by atoms with E-state index in [-0.39, 0.29) is 23.7 Å². The Hall–Kier alpha value is -3.89. The second-order valence-electron chi connectivity index (χ2n) is 8.85. The summed E-state index contributed by atoms with van der Waals surface area (Å²) in [5.74, 6) is -1.11. The summed E-state index contributed by atoms with van der Waals surface area (Å²) >= 11 is 0. The van der Waals surface area contributed by atoms with Gasteiger partial charge in [0.2, 0.25) is 0 Å². The monoisotopic (exact) mass is 508 g/mol. The Kier molecular flexibility index (Phi) is 7.38. The van der Waals surface area contributed by atoms with Crippen LogP contribution >= 0.6 is 0 Å². The second kappa shape index (κ2) is 11.0.